The predicted octanol–water partition coefficient (Wildman–Crippen LogP) is 1.25. The largest absolute Gasteiger partial charge is 0.490 e. The van der Waals surface area contributed by atoms with Gasteiger partial charge in [0.15, 0.2) is 17.3 Å². The quantitative estimate of drug-likeness (QED) is 0.780. The van der Waals surface area contributed by atoms with Crippen molar-refractivity contribution >= 4 is 5.78 Å². The van der Waals surface area contributed by atoms with Gasteiger partial charge in [0.1, 0.15) is 0 Å². The van der Waals surface area contributed by atoms with Crippen LogP contribution in [-0.2, 0) is 0 Å². The molecule has 4 heteroatoms. The molecule has 0 aromatic heterocycles. The molecular formula is C12H15NO3. The number of rotatable bonds is 3. The zero-order valence-electron chi connectivity index (χ0n) is 9.29. The average molecular weight is 221 g/mol. The molecule has 86 valence electrons. The Morgan fingerprint density at radius 1 is 1.31 bits per heavy atom. The van der Waals surface area contributed by atoms with Crippen molar-refractivity contribution in [3.05, 3.63) is 23.8 Å². The maximum atomic E-state index is 11.7. The minimum atomic E-state index is 0.0538. The smallest absolute Gasteiger partial charge is 0.176 e. The van der Waals surface area contributed by atoms with Crippen molar-refractivity contribution in [2.24, 2.45) is 0 Å². The highest BCUT2D eigenvalue weighted by atomic mass is 16.5. The van der Waals surface area contributed by atoms with E-state index < -0.39 is 0 Å². The van der Waals surface area contributed by atoms with Crippen molar-refractivity contribution in [1.82, 2.24) is 5.32 Å². The van der Waals surface area contributed by atoms with E-state index in [1.54, 1.807) is 25.2 Å². The Balaban J connectivity index is 2.23. The van der Waals surface area contributed by atoms with Gasteiger partial charge in [-0.2, -0.15) is 0 Å². The third kappa shape index (κ3) is 2.33. The van der Waals surface area contributed by atoms with Gasteiger partial charge >= 0.3 is 0 Å². The number of ether oxygens (including phenoxy) is 2. The molecule has 1 aliphatic rings. The molecule has 0 atom stereocenters. The Hall–Kier alpha value is -1.55. The van der Waals surface area contributed by atoms with Gasteiger partial charge in [-0.1, -0.05) is 0 Å². The highest BCUT2D eigenvalue weighted by Gasteiger charge is 2.13. The van der Waals surface area contributed by atoms with Gasteiger partial charge in [0.05, 0.1) is 19.8 Å². The summed E-state index contributed by atoms with van der Waals surface area (Å²) in [5.74, 6) is 1.44. The fraction of sp³-hybridized carbons (Fsp3) is 0.417. The van der Waals surface area contributed by atoms with Crippen LogP contribution >= 0.6 is 0 Å². The highest BCUT2D eigenvalue weighted by molar-refractivity contribution is 5.98. The third-order valence-electron chi connectivity index (χ3n) is 2.41. The minimum absolute atomic E-state index is 0.0538. The van der Waals surface area contributed by atoms with Crippen LogP contribution in [0.1, 0.15) is 16.8 Å². The molecule has 1 aliphatic heterocycles. The number of nitrogens with one attached hydrogen (secondary N) is 1. The van der Waals surface area contributed by atoms with Gasteiger partial charge < -0.3 is 14.8 Å². The fourth-order valence-corrected chi connectivity index (χ4v) is 1.60. The number of carbonyl (C=O) groups excluding carboxylic acids is 1. The number of Topliss-reactive ketones (excluding diaryl/α,β-unsaturated/α-hetero) is 1. The second kappa shape index (κ2) is 4.99. The van der Waals surface area contributed by atoms with E-state index in [0.717, 1.165) is 12.2 Å². The van der Waals surface area contributed by atoms with Gasteiger partial charge in [-0.3, -0.25) is 4.79 Å². The van der Waals surface area contributed by atoms with Crippen LogP contribution in [0.2, 0.25) is 0 Å². The monoisotopic (exact) mass is 221 g/mol. The molecule has 1 aromatic carbocycles. The fourth-order valence-electron chi connectivity index (χ4n) is 1.60. The van der Waals surface area contributed by atoms with E-state index in [2.05, 4.69) is 5.32 Å². The number of hydrogen-bond donors (Lipinski definition) is 1. The lowest BCUT2D eigenvalue weighted by Gasteiger charge is -2.08. The summed E-state index contributed by atoms with van der Waals surface area (Å²) in [5.41, 5.74) is 0.651. The molecule has 0 spiro atoms. The summed E-state index contributed by atoms with van der Waals surface area (Å²) in [7, 11) is 1.75. The number of fused-ring (bicyclic) bond motifs is 1. The molecule has 0 bridgehead atoms. The van der Waals surface area contributed by atoms with Gasteiger partial charge in [0, 0.05) is 12.0 Å². The highest BCUT2D eigenvalue weighted by Crippen LogP contribution is 2.30. The Morgan fingerprint density at radius 3 is 2.81 bits per heavy atom. The maximum absolute atomic E-state index is 11.7. The third-order valence-corrected chi connectivity index (χ3v) is 2.41. The molecule has 0 unspecified atom stereocenters. The van der Waals surface area contributed by atoms with E-state index in [4.69, 9.17) is 9.47 Å². The van der Waals surface area contributed by atoms with Crippen LogP contribution in [0.25, 0.3) is 0 Å². The molecule has 0 saturated carbocycles. The van der Waals surface area contributed by atoms with Crippen LogP contribution in [-0.4, -0.2) is 32.6 Å². The zero-order chi connectivity index (χ0) is 11.4. The van der Waals surface area contributed by atoms with Crippen LogP contribution < -0.4 is 14.8 Å². The van der Waals surface area contributed by atoms with Gasteiger partial charge in [-0.25, -0.2) is 0 Å². The van der Waals surface area contributed by atoms with Gasteiger partial charge in [0.2, 0.25) is 0 Å². The average Bonchev–Trinajstić information content (AvgIpc) is 2.53. The first kappa shape index (κ1) is 11.0. The SMILES string of the molecule is CNCC(=O)c1ccc2c(c1)OCCCO2. The van der Waals surface area contributed by atoms with Gasteiger partial charge in [-0.15, -0.1) is 0 Å². The van der Waals surface area contributed by atoms with Crippen molar-refractivity contribution in [1.29, 1.82) is 0 Å². The Bertz CT molecular complexity index is 390. The molecule has 0 fully saturated rings. The number of likely N-dealkylation sites (N-methyl/N-ethyl adjacent to an activating group) is 1. The van der Waals surface area contributed by atoms with E-state index in [-0.39, 0.29) is 5.78 Å². The first-order chi connectivity index (χ1) is 7.81. The van der Waals surface area contributed by atoms with E-state index in [1.807, 2.05) is 0 Å². The summed E-state index contributed by atoms with van der Waals surface area (Å²) in [6.45, 7) is 1.63. The van der Waals surface area contributed by atoms with Crippen molar-refractivity contribution in [3.8, 4) is 11.5 Å². The standard InChI is InChI=1S/C12H15NO3/c1-13-8-10(14)9-3-4-11-12(7-9)16-6-2-5-15-11/h3-4,7,13H,2,5-6,8H2,1H3. The Labute approximate surface area is 94.6 Å². The summed E-state index contributed by atoms with van der Waals surface area (Å²) in [6.07, 6.45) is 0.870. The van der Waals surface area contributed by atoms with Crippen LogP contribution in [0.5, 0.6) is 11.5 Å². The molecule has 2 rings (SSSR count). The predicted molar refractivity (Wildman–Crippen MR) is 60.3 cm³/mol. The molecule has 1 aromatic rings. The van der Waals surface area contributed by atoms with Crippen molar-refractivity contribution in [2.75, 3.05) is 26.8 Å². The molecule has 4 nitrogen and oxygen atoms in total. The number of carbonyl (C=O) groups is 1. The molecule has 0 saturated heterocycles. The van der Waals surface area contributed by atoms with Crippen molar-refractivity contribution in [3.63, 3.8) is 0 Å². The summed E-state index contributed by atoms with van der Waals surface area (Å²) >= 11 is 0. The Morgan fingerprint density at radius 2 is 2.06 bits per heavy atom. The lowest BCUT2D eigenvalue weighted by atomic mass is 10.1. The first-order valence-electron chi connectivity index (χ1n) is 5.38. The van der Waals surface area contributed by atoms with Crippen molar-refractivity contribution < 1.29 is 14.3 Å². The second-order valence-corrected chi connectivity index (χ2v) is 3.67. The molecule has 1 N–H and O–H groups in total. The summed E-state index contributed by atoms with van der Waals surface area (Å²) in [5, 5.41) is 2.84. The second-order valence-electron chi connectivity index (χ2n) is 3.67. The minimum Gasteiger partial charge on any atom is -0.490 e. The number of hydrogen-bond acceptors (Lipinski definition) is 4. The molecule has 0 amide bonds. The number of benzene rings is 1. The maximum Gasteiger partial charge on any atom is 0.176 e. The first-order valence-corrected chi connectivity index (χ1v) is 5.38. The van der Waals surface area contributed by atoms with Gasteiger partial charge in [-0.05, 0) is 25.2 Å². The van der Waals surface area contributed by atoms with E-state index in [9.17, 15) is 4.79 Å². The van der Waals surface area contributed by atoms with Crippen LogP contribution in [0.15, 0.2) is 18.2 Å². The van der Waals surface area contributed by atoms with Crippen LogP contribution in [0.3, 0.4) is 0 Å². The summed E-state index contributed by atoms with van der Waals surface area (Å²) in [4.78, 5) is 11.7. The molecule has 0 radical (unpaired) electrons. The van der Waals surface area contributed by atoms with Gasteiger partial charge in [0.25, 0.3) is 0 Å². The Kier molecular flexibility index (Phi) is 3.41. The van der Waals surface area contributed by atoms with Crippen LogP contribution in [0, 0.1) is 0 Å². The van der Waals surface area contributed by atoms with Crippen LogP contribution in [0.4, 0.5) is 0 Å². The van der Waals surface area contributed by atoms with E-state index in [0.29, 0.717) is 31.1 Å². The van der Waals surface area contributed by atoms with E-state index in [1.165, 1.54) is 0 Å². The van der Waals surface area contributed by atoms with E-state index >= 15 is 0 Å². The summed E-state index contributed by atoms with van der Waals surface area (Å²) in [6, 6.07) is 5.32. The zero-order valence-corrected chi connectivity index (χ0v) is 9.29. The molecule has 16 heavy (non-hydrogen) atoms. The lowest BCUT2D eigenvalue weighted by molar-refractivity contribution is 0.0993. The molecular weight excluding hydrogens is 206 g/mol. The molecule has 1 heterocycles. The normalized spacial score (nSPS) is 14.3. The lowest BCUT2D eigenvalue weighted by Crippen LogP contribution is -2.18. The topological polar surface area (TPSA) is 47.6 Å². The summed E-state index contributed by atoms with van der Waals surface area (Å²) < 4.78 is 11.0. The number of ketones is 1. The molecule has 0 aliphatic carbocycles. The van der Waals surface area contributed by atoms with Crippen molar-refractivity contribution in [2.45, 2.75) is 6.42 Å².